The third-order valence-electron chi connectivity index (χ3n) is 2.40. The van der Waals surface area contributed by atoms with Gasteiger partial charge in [0, 0.05) is 11.8 Å². The van der Waals surface area contributed by atoms with Crippen LogP contribution in [0.25, 0.3) is 11.0 Å². The molecule has 0 aliphatic rings. The van der Waals surface area contributed by atoms with Gasteiger partial charge in [-0.2, -0.15) is 0 Å². The summed E-state index contributed by atoms with van der Waals surface area (Å²) >= 11 is 0. The first-order valence-corrected chi connectivity index (χ1v) is 5.15. The SMILES string of the molecule is Cc1cccc2cc(CC(C)C)oc12. The highest BCUT2D eigenvalue weighted by Gasteiger charge is 2.06. The molecule has 2 rings (SSSR count). The molecule has 1 aromatic carbocycles. The minimum absolute atomic E-state index is 0.649. The van der Waals surface area contributed by atoms with Gasteiger partial charge in [0.25, 0.3) is 0 Å². The van der Waals surface area contributed by atoms with Gasteiger partial charge < -0.3 is 4.42 Å². The Bertz CT molecular complexity index is 437. The topological polar surface area (TPSA) is 13.1 Å². The fourth-order valence-corrected chi connectivity index (χ4v) is 1.77. The van der Waals surface area contributed by atoms with Crippen molar-refractivity contribution in [2.75, 3.05) is 0 Å². The van der Waals surface area contributed by atoms with E-state index in [2.05, 4.69) is 45.0 Å². The van der Waals surface area contributed by atoms with E-state index in [0.717, 1.165) is 17.8 Å². The van der Waals surface area contributed by atoms with Crippen molar-refractivity contribution in [3.8, 4) is 0 Å². The first-order chi connectivity index (χ1) is 6.66. The quantitative estimate of drug-likeness (QED) is 0.695. The molecule has 0 bridgehead atoms. The van der Waals surface area contributed by atoms with Gasteiger partial charge in [-0.25, -0.2) is 0 Å². The average Bonchev–Trinajstić information content (AvgIpc) is 2.47. The van der Waals surface area contributed by atoms with Crippen LogP contribution in [0.15, 0.2) is 28.7 Å². The molecule has 0 aliphatic carbocycles. The van der Waals surface area contributed by atoms with Gasteiger partial charge in [-0.1, -0.05) is 32.0 Å². The van der Waals surface area contributed by atoms with Crippen LogP contribution in [0.5, 0.6) is 0 Å². The minimum Gasteiger partial charge on any atom is -0.461 e. The second kappa shape index (κ2) is 3.49. The van der Waals surface area contributed by atoms with Crippen LogP contribution in [0.2, 0.25) is 0 Å². The van der Waals surface area contributed by atoms with E-state index in [4.69, 9.17) is 4.42 Å². The van der Waals surface area contributed by atoms with Crippen LogP contribution in [0, 0.1) is 12.8 Å². The zero-order valence-electron chi connectivity index (χ0n) is 9.00. The number of hydrogen-bond acceptors (Lipinski definition) is 1. The maximum absolute atomic E-state index is 5.81. The molecule has 0 fully saturated rings. The lowest BCUT2D eigenvalue weighted by Gasteiger charge is -1.98. The number of aryl methyl sites for hydroxylation is 1. The Morgan fingerprint density at radius 3 is 2.71 bits per heavy atom. The van der Waals surface area contributed by atoms with Crippen molar-refractivity contribution < 1.29 is 4.42 Å². The van der Waals surface area contributed by atoms with E-state index < -0.39 is 0 Å². The molecule has 0 amide bonds. The highest BCUT2D eigenvalue weighted by molar-refractivity contribution is 5.80. The van der Waals surface area contributed by atoms with Gasteiger partial charge in [0.15, 0.2) is 0 Å². The maximum Gasteiger partial charge on any atom is 0.137 e. The highest BCUT2D eigenvalue weighted by Crippen LogP contribution is 2.23. The molecule has 1 nitrogen and oxygen atoms in total. The lowest BCUT2D eigenvalue weighted by Crippen LogP contribution is -1.90. The lowest BCUT2D eigenvalue weighted by molar-refractivity contribution is 0.499. The molecule has 0 radical (unpaired) electrons. The zero-order valence-corrected chi connectivity index (χ0v) is 9.00. The fourth-order valence-electron chi connectivity index (χ4n) is 1.77. The molecule has 74 valence electrons. The van der Waals surface area contributed by atoms with Crippen LogP contribution in [0.1, 0.15) is 25.2 Å². The summed E-state index contributed by atoms with van der Waals surface area (Å²) in [7, 11) is 0. The monoisotopic (exact) mass is 188 g/mol. The number of benzene rings is 1. The summed E-state index contributed by atoms with van der Waals surface area (Å²) in [6.45, 7) is 6.51. The standard InChI is InChI=1S/C13H16O/c1-9(2)7-12-8-11-6-4-5-10(3)13(11)14-12/h4-6,8-9H,7H2,1-3H3. The molecule has 14 heavy (non-hydrogen) atoms. The van der Waals surface area contributed by atoms with E-state index in [1.165, 1.54) is 10.9 Å². The summed E-state index contributed by atoms with van der Waals surface area (Å²) in [6, 6.07) is 8.43. The second-order valence-corrected chi connectivity index (χ2v) is 4.30. The predicted molar refractivity (Wildman–Crippen MR) is 59.5 cm³/mol. The maximum atomic E-state index is 5.81. The van der Waals surface area contributed by atoms with Crippen molar-refractivity contribution in [3.63, 3.8) is 0 Å². The van der Waals surface area contributed by atoms with Gasteiger partial charge in [-0.05, 0) is 24.5 Å². The number of hydrogen-bond donors (Lipinski definition) is 0. The zero-order chi connectivity index (χ0) is 10.1. The minimum atomic E-state index is 0.649. The molecule has 0 aliphatic heterocycles. The Morgan fingerprint density at radius 2 is 2.07 bits per heavy atom. The molecule has 1 aromatic heterocycles. The Balaban J connectivity index is 2.46. The van der Waals surface area contributed by atoms with Crippen molar-refractivity contribution in [2.45, 2.75) is 27.2 Å². The van der Waals surface area contributed by atoms with Gasteiger partial charge in [-0.3, -0.25) is 0 Å². The fraction of sp³-hybridized carbons (Fsp3) is 0.385. The van der Waals surface area contributed by atoms with E-state index in [-0.39, 0.29) is 0 Å². The Hall–Kier alpha value is -1.24. The lowest BCUT2D eigenvalue weighted by atomic mass is 10.1. The van der Waals surface area contributed by atoms with Crippen LogP contribution in [-0.4, -0.2) is 0 Å². The van der Waals surface area contributed by atoms with Gasteiger partial charge in [0.05, 0.1) is 0 Å². The van der Waals surface area contributed by atoms with E-state index in [1.54, 1.807) is 0 Å². The van der Waals surface area contributed by atoms with Crippen LogP contribution >= 0.6 is 0 Å². The van der Waals surface area contributed by atoms with E-state index in [9.17, 15) is 0 Å². The summed E-state index contributed by atoms with van der Waals surface area (Å²) < 4.78 is 5.81. The summed E-state index contributed by atoms with van der Waals surface area (Å²) in [5.74, 6) is 1.75. The highest BCUT2D eigenvalue weighted by atomic mass is 16.3. The van der Waals surface area contributed by atoms with Crippen molar-refractivity contribution in [1.82, 2.24) is 0 Å². The van der Waals surface area contributed by atoms with Gasteiger partial charge >= 0.3 is 0 Å². The largest absolute Gasteiger partial charge is 0.461 e. The summed E-state index contributed by atoms with van der Waals surface area (Å²) in [4.78, 5) is 0. The van der Waals surface area contributed by atoms with E-state index in [0.29, 0.717) is 5.92 Å². The smallest absolute Gasteiger partial charge is 0.137 e. The first-order valence-electron chi connectivity index (χ1n) is 5.15. The molecular weight excluding hydrogens is 172 g/mol. The normalized spacial score (nSPS) is 11.4. The van der Waals surface area contributed by atoms with E-state index in [1.807, 2.05) is 0 Å². The van der Waals surface area contributed by atoms with Gasteiger partial charge in [0.1, 0.15) is 11.3 Å². The third kappa shape index (κ3) is 1.67. The molecule has 0 saturated carbocycles. The summed E-state index contributed by atoms with van der Waals surface area (Å²) in [6.07, 6.45) is 1.02. The van der Waals surface area contributed by atoms with Crippen molar-refractivity contribution in [3.05, 3.63) is 35.6 Å². The molecule has 0 unspecified atom stereocenters. The molecule has 1 heterocycles. The average molecular weight is 188 g/mol. The molecule has 0 atom stereocenters. The number of furan rings is 1. The van der Waals surface area contributed by atoms with Crippen LogP contribution in [-0.2, 0) is 6.42 Å². The molecule has 2 aromatic rings. The van der Waals surface area contributed by atoms with Crippen molar-refractivity contribution >= 4 is 11.0 Å². The van der Waals surface area contributed by atoms with Gasteiger partial charge in [0.2, 0.25) is 0 Å². The summed E-state index contributed by atoms with van der Waals surface area (Å²) in [5, 5.41) is 1.22. The van der Waals surface area contributed by atoms with E-state index >= 15 is 0 Å². The molecule has 0 N–H and O–H groups in total. The summed E-state index contributed by atoms with van der Waals surface area (Å²) in [5.41, 5.74) is 2.26. The molecule has 1 heteroatoms. The van der Waals surface area contributed by atoms with Crippen LogP contribution in [0.4, 0.5) is 0 Å². The number of para-hydroxylation sites is 1. The molecular formula is C13H16O. The number of rotatable bonds is 2. The van der Waals surface area contributed by atoms with Crippen molar-refractivity contribution in [2.24, 2.45) is 5.92 Å². The third-order valence-corrected chi connectivity index (χ3v) is 2.40. The Kier molecular flexibility index (Phi) is 2.32. The number of fused-ring (bicyclic) bond motifs is 1. The Labute approximate surface area is 84.7 Å². The predicted octanol–water partition coefficient (Wildman–Crippen LogP) is 3.94. The second-order valence-electron chi connectivity index (χ2n) is 4.30. The van der Waals surface area contributed by atoms with Crippen LogP contribution < -0.4 is 0 Å². The van der Waals surface area contributed by atoms with Gasteiger partial charge in [-0.15, -0.1) is 0 Å². The molecule has 0 saturated heterocycles. The first kappa shape index (κ1) is 9.32. The van der Waals surface area contributed by atoms with Crippen molar-refractivity contribution in [1.29, 1.82) is 0 Å². The molecule has 0 spiro atoms. The Morgan fingerprint density at radius 1 is 1.29 bits per heavy atom. The van der Waals surface area contributed by atoms with Crippen LogP contribution in [0.3, 0.4) is 0 Å².